The second kappa shape index (κ2) is 7.69. The average molecular weight is 354 g/mol. The molecule has 0 aliphatic rings. The Balaban J connectivity index is 2.80. The van der Waals surface area contributed by atoms with E-state index in [2.05, 4.69) is 4.72 Å². The van der Waals surface area contributed by atoms with Gasteiger partial charge in [0.25, 0.3) is 0 Å². The highest BCUT2D eigenvalue weighted by Crippen LogP contribution is 2.27. The number of rotatable bonds is 8. The third-order valence-corrected chi connectivity index (χ3v) is 5.23. The fraction of sp³-hybridized carbons (Fsp3) is 0.538. The zero-order valence-corrected chi connectivity index (χ0v) is 14.6. The van der Waals surface area contributed by atoms with Gasteiger partial charge in [-0.1, -0.05) is 11.6 Å². The Morgan fingerprint density at radius 3 is 2.67 bits per heavy atom. The smallest absolute Gasteiger partial charge is 0.240 e. The van der Waals surface area contributed by atoms with Crippen LogP contribution in [0.2, 0.25) is 5.02 Å². The molecule has 21 heavy (non-hydrogen) atoms. The van der Waals surface area contributed by atoms with E-state index in [0.717, 1.165) is 5.75 Å². The standard InChI is InChI=1S/C13H20ClNO4S2/c1-13(16,6-7-20-3)9-15-21(17,18)10-4-5-12(19-2)11(14)8-10/h4-5,8,15-16H,6-7,9H2,1-3H3. The van der Waals surface area contributed by atoms with Gasteiger partial charge in [-0.3, -0.25) is 0 Å². The largest absolute Gasteiger partial charge is 0.495 e. The molecular weight excluding hydrogens is 334 g/mol. The van der Waals surface area contributed by atoms with Gasteiger partial charge in [0.15, 0.2) is 0 Å². The van der Waals surface area contributed by atoms with Crippen LogP contribution in [-0.2, 0) is 10.0 Å². The molecular formula is C13H20ClNO4S2. The average Bonchev–Trinajstić information content (AvgIpc) is 2.43. The molecule has 0 aliphatic heterocycles. The molecule has 0 radical (unpaired) electrons. The van der Waals surface area contributed by atoms with Crippen molar-refractivity contribution in [1.29, 1.82) is 0 Å². The molecule has 8 heteroatoms. The van der Waals surface area contributed by atoms with Gasteiger partial charge in [-0.05, 0) is 43.6 Å². The van der Waals surface area contributed by atoms with Crippen LogP contribution in [0.5, 0.6) is 5.75 Å². The molecule has 0 aromatic heterocycles. The molecule has 120 valence electrons. The third-order valence-electron chi connectivity index (χ3n) is 2.92. The summed E-state index contributed by atoms with van der Waals surface area (Å²) in [4.78, 5) is 0.0361. The monoisotopic (exact) mass is 353 g/mol. The lowest BCUT2D eigenvalue weighted by Gasteiger charge is -2.23. The number of methoxy groups -OCH3 is 1. The Morgan fingerprint density at radius 1 is 1.48 bits per heavy atom. The van der Waals surface area contributed by atoms with Gasteiger partial charge < -0.3 is 9.84 Å². The number of sulfonamides is 1. The first kappa shape index (κ1) is 18.6. The minimum atomic E-state index is -3.72. The van der Waals surface area contributed by atoms with Crippen LogP contribution < -0.4 is 9.46 Å². The zero-order chi connectivity index (χ0) is 16.1. The molecule has 2 N–H and O–H groups in total. The summed E-state index contributed by atoms with van der Waals surface area (Å²) in [6, 6.07) is 4.21. The first-order chi connectivity index (χ1) is 9.72. The molecule has 0 amide bonds. The fourth-order valence-electron chi connectivity index (χ4n) is 1.56. The van der Waals surface area contributed by atoms with Gasteiger partial charge in [0.1, 0.15) is 5.75 Å². The van der Waals surface area contributed by atoms with Crippen molar-refractivity contribution in [2.24, 2.45) is 0 Å². The summed E-state index contributed by atoms with van der Waals surface area (Å²) in [6.07, 6.45) is 2.43. The quantitative estimate of drug-likeness (QED) is 0.748. The van der Waals surface area contributed by atoms with Gasteiger partial charge in [-0.15, -0.1) is 0 Å². The van der Waals surface area contributed by atoms with Crippen molar-refractivity contribution >= 4 is 33.4 Å². The summed E-state index contributed by atoms with van der Waals surface area (Å²) in [5.74, 6) is 1.16. The first-order valence-electron chi connectivity index (χ1n) is 6.26. The minimum Gasteiger partial charge on any atom is -0.495 e. The summed E-state index contributed by atoms with van der Waals surface area (Å²) in [6.45, 7) is 1.55. The van der Waals surface area contributed by atoms with Crippen LogP contribution >= 0.6 is 23.4 Å². The molecule has 5 nitrogen and oxygen atoms in total. The number of aliphatic hydroxyl groups is 1. The van der Waals surface area contributed by atoms with Crippen LogP contribution in [0.1, 0.15) is 13.3 Å². The molecule has 1 unspecified atom stereocenters. The number of hydrogen-bond donors (Lipinski definition) is 2. The number of halogens is 1. The van der Waals surface area contributed by atoms with Crippen molar-refractivity contribution in [1.82, 2.24) is 4.72 Å². The maximum atomic E-state index is 12.2. The van der Waals surface area contributed by atoms with Gasteiger partial charge in [-0.25, -0.2) is 13.1 Å². The van der Waals surface area contributed by atoms with Crippen molar-refractivity contribution in [3.63, 3.8) is 0 Å². The van der Waals surface area contributed by atoms with E-state index >= 15 is 0 Å². The highest BCUT2D eigenvalue weighted by molar-refractivity contribution is 7.98. The molecule has 1 aromatic rings. The topological polar surface area (TPSA) is 75.6 Å². The van der Waals surface area contributed by atoms with E-state index in [1.165, 1.54) is 25.3 Å². The number of ether oxygens (including phenoxy) is 1. The van der Waals surface area contributed by atoms with Crippen LogP contribution in [0.15, 0.2) is 23.1 Å². The molecule has 1 rings (SSSR count). The normalized spacial score (nSPS) is 14.7. The van der Waals surface area contributed by atoms with Gasteiger partial charge in [0.05, 0.1) is 22.6 Å². The van der Waals surface area contributed by atoms with Crippen molar-refractivity contribution < 1.29 is 18.3 Å². The highest BCUT2D eigenvalue weighted by Gasteiger charge is 2.24. The Kier molecular flexibility index (Phi) is 6.80. The Labute approximate surface area is 135 Å². The molecule has 0 fully saturated rings. The molecule has 0 saturated carbocycles. The molecule has 0 heterocycles. The predicted molar refractivity (Wildman–Crippen MR) is 86.8 cm³/mol. The minimum absolute atomic E-state index is 0.0361. The van der Waals surface area contributed by atoms with E-state index in [4.69, 9.17) is 16.3 Å². The lowest BCUT2D eigenvalue weighted by Crippen LogP contribution is -2.41. The van der Waals surface area contributed by atoms with Crippen LogP contribution in [0, 0.1) is 0 Å². The van der Waals surface area contributed by atoms with E-state index in [1.807, 2.05) is 6.26 Å². The van der Waals surface area contributed by atoms with E-state index in [0.29, 0.717) is 12.2 Å². The van der Waals surface area contributed by atoms with Crippen LogP contribution in [-0.4, -0.2) is 44.8 Å². The second-order valence-electron chi connectivity index (χ2n) is 4.86. The van der Waals surface area contributed by atoms with E-state index < -0.39 is 15.6 Å². The summed E-state index contributed by atoms with van der Waals surface area (Å²) < 4.78 is 31.7. The molecule has 0 saturated heterocycles. The predicted octanol–water partition coefficient (Wildman–Crippen LogP) is 2.13. The molecule has 0 bridgehead atoms. The van der Waals surface area contributed by atoms with Crippen LogP contribution in [0.3, 0.4) is 0 Å². The maximum absolute atomic E-state index is 12.2. The Hall–Kier alpha value is -0.470. The van der Waals surface area contributed by atoms with Crippen molar-refractivity contribution in [3.8, 4) is 5.75 Å². The number of hydrogen-bond acceptors (Lipinski definition) is 5. The molecule has 0 aliphatic carbocycles. The van der Waals surface area contributed by atoms with Crippen molar-refractivity contribution in [3.05, 3.63) is 23.2 Å². The maximum Gasteiger partial charge on any atom is 0.240 e. The summed E-state index contributed by atoms with van der Waals surface area (Å²) in [5, 5.41) is 10.3. The lowest BCUT2D eigenvalue weighted by atomic mass is 10.1. The summed E-state index contributed by atoms with van der Waals surface area (Å²) >= 11 is 7.52. The van der Waals surface area contributed by atoms with Gasteiger partial charge in [0.2, 0.25) is 10.0 Å². The SMILES string of the molecule is COc1ccc(S(=O)(=O)NCC(C)(O)CCSC)cc1Cl. The summed E-state index contributed by atoms with van der Waals surface area (Å²) in [7, 11) is -2.27. The molecule has 0 spiro atoms. The zero-order valence-electron chi connectivity index (χ0n) is 12.2. The first-order valence-corrected chi connectivity index (χ1v) is 9.52. The Bertz CT molecular complexity index is 576. The van der Waals surface area contributed by atoms with E-state index in [9.17, 15) is 13.5 Å². The van der Waals surface area contributed by atoms with Crippen molar-refractivity contribution in [2.45, 2.75) is 23.8 Å². The second-order valence-corrected chi connectivity index (χ2v) is 8.02. The van der Waals surface area contributed by atoms with Gasteiger partial charge >= 0.3 is 0 Å². The lowest BCUT2D eigenvalue weighted by molar-refractivity contribution is 0.0626. The Morgan fingerprint density at radius 2 is 2.14 bits per heavy atom. The highest BCUT2D eigenvalue weighted by atomic mass is 35.5. The van der Waals surface area contributed by atoms with Crippen LogP contribution in [0.25, 0.3) is 0 Å². The fourth-order valence-corrected chi connectivity index (χ4v) is 3.71. The van der Waals surface area contributed by atoms with Gasteiger partial charge in [0, 0.05) is 6.54 Å². The van der Waals surface area contributed by atoms with Crippen molar-refractivity contribution in [2.75, 3.05) is 25.7 Å². The summed E-state index contributed by atoms with van der Waals surface area (Å²) in [5.41, 5.74) is -1.09. The molecule has 1 aromatic carbocycles. The number of thioether (sulfide) groups is 1. The number of nitrogens with one attached hydrogen (secondary N) is 1. The van der Waals surface area contributed by atoms with E-state index in [1.54, 1.807) is 18.7 Å². The van der Waals surface area contributed by atoms with Crippen LogP contribution in [0.4, 0.5) is 0 Å². The molecule has 1 atom stereocenters. The van der Waals surface area contributed by atoms with Gasteiger partial charge in [-0.2, -0.15) is 11.8 Å². The third kappa shape index (κ3) is 5.67. The number of benzene rings is 1. The van der Waals surface area contributed by atoms with E-state index in [-0.39, 0.29) is 16.5 Å².